The van der Waals surface area contributed by atoms with Crippen LogP contribution in [-0.4, -0.2) is 44.9 Å². The van der Waals surface area contributed by atoms with E-state index in [1.54, 1.807) is 0 Å². The van der Waals surface area contributed by atoms with Crippen LogP contribution in [0, 0.1) is 34.0 Å². The maximum atomic E-state index is 13.6. The maximum Gasteiger partial charge on any atom is 0.435 e. The number of alkyl halides is 18. The first-order valence-electron chi connectivity index (χ1n) is 16.0. The predicted molar refractivity (Wildman–Crippen MR) is 160 cm³/mol. The molecule has 0 amide bonds. The number of hydrogen-bond donors (Lipinski definition) is 0. The monoisotopic (exact) mass is 954 g/mol. The largest absolute Gasteiger partial charge is 0.435 e. The van der Waals surface area contributed by atoms with Crippen molar-refractivity contribution < 1.29 is 79.0 Å². The van der Waals surface area contributed by atoms with E-state index in [1.165, 1.54) is 18.2 Å². The van der Waals surface area contributed by atoms with Gasteiger partial charge in [0.2, 0.25) is 32.9 Å². The van der Waals surface area contributed by atoms with Gasteiger partial charge < -0.3 is 0 Å². The summed E-state index contributed by atoms with van der Waals surface area (Å²) in [5, 5.41) is 30.4. The molecule has 336 valence electrons. The average molecular weight is 954 g/mol. The summed E-state index contributed by atoms with van der Waals surface area (Å²) in [5.41, 5.74) is -27.5. The third-order valence-corrected chi connectivity index (χ3v) is 7.77. The molecule has 7 rings (SSSR count). The van der Waals surface area contributed by atoms with Crippen LogP contribution in [0.25, 0.3) is 16.7 Å². The second-order valence-electron chi connectivity index (χ2n) is 12.1. The molecule has 36 heteroatoms. The van der Waals surface area contributed by atoms with Gasteiger partial charge in [-0.05, 0) is 0 Å². The van der Waals surface area contributed by atoms with Crippen molar-refractivity contribution in [2.75, 3.05) is 0 Å². The number of hydrogen-bond acceptors (Lipinski definition) is 18. The highest BCUT2D eigenvalue weighted by Gasteiger charge is 2.49. The first-order chi connectivity index (χ1) is 30.3. The van der Waals surface area contributed by atoms with Crippen molar-refractivity contribution >= 4 is 16.7 Å². The summed E-state index contributed by atoms with van der Waals surface area (Å²) in [6, 6.07) is 3.85. The Morgan fingerprint density at radius 2 is 0.424 bits per heavy atom. The van der Waals surface area contributed by atoms with Crippen molar-refractivity contribution in [2.24, 2.45) is 30.0 Å². The number of halogens is 18. The lowest BCUT2D eigenvalue weighted by atomic mass is 10.2. The molecule has 4 aromatic heterocycles. The van der Waals surface area contributed by atoms with Gasteiger partial charge in [0.25, 0.3) is 0 Å². The fraction of sp³-hybridized carbons (Fsp3) is 0.200. The van der Waals surface area contributed by atoms with Gasteiger partial charge in [-0.1, -0.05) is 0 Å². The van der Waals surface area contributed by atoms with E-state index in [4.69, 9.17) is 0 Å². The van der Waals surface area contributed by atoms with Gasteiger partial charge in [-0.2, -0.15) is 94.8 Å². The van der Waals surface area contributed by atoms with E-state index in [-0.39, 0.29) is 0 Å². The van der Waals surface area contributed by atoms with E-state index in [0.29, 0.717) is 0 Å². The summed E-state index contributed by atoms with van der Waals surface area (Å²) >= 11 is 0. The Kier molecular flexibility index (Phi) is 10.2. The van der Waals surface area contributed by atoms with Crippen LogP contribution in [0.1, 0.15) is 51.6 Å². The van der Waals surface area contributed by atoms with E-state index in [1.807, 2.05) is 0 Å². The summed E-state index contributed by atoms with van der Waals surface area (Å²) < 4.78 is 245. The molecule has 0 spiro atoms. The van der Waals surface area contributed by atoms with Crippen LogP contribution in [0.5, 0.6) is 0 Å². The van der Waals surface area contributed by atoms with Crippen LogP contribution >= 0.6 is 0 Å². The van der Waals surface area contributed by atoms with E-state index in [0.717, 1.165) is 0 Å². The molecule has 0 aromatic carbocycles. The van der Waals surface area contributed by atoms with Crippen LogP contribution in [0.15, 0.2) is 47.4 Å². The molecule has 66 heavy (non-hydrogen) atoms. The molecule has 0 N–H and O–H groups in total. The lowest BCUT2D eigenvalue weighted by Gasteiger charge is -2.11. The zero-order valence-corrected chi connectivity index (χ0v) is 29.9. The van der Waals surface area contributed by atoms with E-state index < -0.39 is 156 Å². The molecule has 0 saturated heterocycles. The third kappa shape index (κ3) is 8.23. The number of allylic oxidation sites excluding steroid dienone is 3. The number of nitrogens with zero attached hydrogens (tertiary/aromatic N) is 18. The molecular weight excluding hydrogens is 954 g/mol. The van der Waals surface area contributed by atoms with Crippen molar-refractivity contribution in [3.8, 4) is 18.2 Å². The van der Waals surface area contributed by atoms with Gasteiger partial charge in [-0.15, -0.1) is 0 Å². The minimum atomic E-state index is -5.83. The minimum absolute atomic E-state index is 1.23. The molecule has 0 radical (unpaired) electrons. The summed E-state index contributed by atoms with van der Waals surface area (Å²) in [5.74, 6) is -7.57. The van der Waals surface area contributed by atoms with Gasteiger partial charge in [0.05, 0.1) is 0 Å². The molecule has 0 fully saturated rings. The zero-order valence-electron chi connectivity index (χ0n) is 29.9. The molecule has 3 aliphatic heterocycles. The minimum Gasteiger partial charge on any atom is -0.218 e. The van der Waals surface area contributed by atoms with Gasteiger partial charge in [-0.3, -0.25) is 0 Å². The predicted octanol–water partition coefficient (Wildman–Crippen LogP) is 2.79. The Balaban J connectivity index is 1.53. The number of fused-ring (bicyclic) bond motifs is 3. The van der Waals surface area contributed by atoms with Crippen molar-refractivity contribution in [3.05, 3.63) is 102 Å². The molecule has 3 aliphatic rings. The topological polar surface area (TPSA) is 262 Å². The summed E-state index contributed by atoms with van der Waals surface area (Å²) in [6.45, 7) is 0. The van der Waals surface area contributed by atoms with Crippen molar-refractivity contribution in [2.45, 2.75) is 37.1 Å². The lowest BCUT2D eigenvalue weighted by Crippen LogP contribution is -2.36. The normalized spacial score (nSPS) is 14.5. The van der Waals surface area contributed by atoms with Crippen molar-refractivity contribution in [1.82, 2.24) is 44.9 Å². The molecule has 7 heterocycles. The highest BCUT2D eigenvalue weighted by molar-refractivity contribution is 5.82. The van der Waals surface area contributed by atoms with E-state index >= 15 is 0 Å². The van der Waals surface area contributed by atoms with E-state index in [2.05, 4.69) is 74.8 Å². The van der Waals surface area contributed by atoms with Crippen LogP contribution in [0.3, 0.4) is 0 Å². The third-order valence-electron chi connectivity index (χ3n) is 7.77. The van der Waals surface area contributed by atoms with Crippen LogP contribution in [0.4, 0.5) is 79.0 Å². The second-order valence-corrected chi connectivity index (χ2v) is 12.1. The summed E-state index contributed by atoms with van der Waals surface area (Å²) in [7, 11) is 0. The fourth-order valence-electron chi connectivity index (χ4n) is 5.21. The quantitative estimate of drug-likeness (QED) is 0.212. The van der Waals surface area contributed by atoms with Gasteiger partial charge in [0, 0.05) is 0 Å². The van der Waals surface area contributed by atoms with Gasteiger partial charge in [0.15, 0.2) is 69.1 Å². The van der Waals surface area contributed by atoms with Crippen LogP contribution < -0.4 is 32.9 Å². The Labute approximate surface area is 343 Å². The SMILES string of the molecule is N#CC(=C1N=c2nc(C(F)(F)F)c(C(F)(F)F)nc2=N1)c1nc(C(C#N)=C2N=c3nc(C(F)(F)F)c(C(F)(F)F)nc3=N2)nc(C(C#N)=C2N=c3nc(C(F)(F)F)c(C(F)(F)F)nc3=N2)n1. The Hall–Kier alpha value is -8.52. The van der Waals surface area contributed by atoms with Gasteiger partial charge in [-0.25, -0.2) is 74.8 Å². The second kappa shape index (κ2) is 14.8. The molecular formula is C30F18N18. The zero-order chi connectivity index (χ0) is 48.9. The first kappa shape index (κ1) is 45.5. The molecule has 0 unspecified atom stereocenters. The fourth-order valence-corrected chi connectivity index (χ4v) is 5.21. The van der Waals surface area contributed by atoms with Gasteiger partial charge >= 0.3 is 37.1 Å². The van der Waals surface area contributed by atoms with Crippen LogP contribution in [-0.2, 0) is 37.1 Å². The maximum absolute atomic E-state index is 13.6. The number of rotatable bonds is 3. The Morgan fingerprint density at radius 3 is 0.545 bits per heavy atom. The number of aromatic nitrogens is 9. The molecule has 4 aromatic rings. The van der Waals surface area contributed by atoms with Crippen molar-refractivity contribution in [1.29, 1.82) is 15.8 Å². The van der Waals surface area contributed by atoms with Crippen molar-refractivity contribution in [3.63, 3.8) is 0 Å². The average Bonchev–Trinajstić information content (AvgIpc) is 3.91. The highest BCUT2D eigenvalue weighted by Crippen LogP contribution is 2.39. The van der Waals surface area contributed by atoms with E-state index in [9.17, 15) is 94.8 Å². The van der Waals surface area contributed by atoms with Crippen LogP contribution in [0.2, 0.25) is 0 Å². The molecule has 18 nitrogen and oxygen atoms in total. The molecule has 0 atom stereocenters. The highest BCUT2D eigenvalue weighted by atomic mass is 19.4. The van der Waals surface area contributed by atoms with Gasteiger partial charge in [0.1, 0.15) is 34.9 Å². The standard InChI is InChI=1S/C30F18N18/c31-25(32,33)7-8(26(34,35)36)53-20-19(52-7)61-16(62-20)4(1-49)13-58-14(5(2-50)17-63-21-22(64-17)55-10(28(40,41)42)9(54-21)27(37,38)39)60-15(59-13)6(3-51)18-65-23-24(66-18)57-12(30(46,47)48)11(56-23)29(43,44)45. The first-order valence-corrected chi connectivity index (χ1v) is 16.0. The molecule has 0 aliphatic carbocycles. The lowest BCUT2D eigenvalue weighted by molar-refractivity contribution is -0.167. The number of nitriles is 3. The summed E-state index contributed by atoms with van der Waals surface area (Å²) in [4.78, 5) is 48.3. The molecule has 0 saturated carbocycles. The summed E-state index contributed by atoms with van der Waals surface area (Å²) in [6.07, 6.45) is -35.0. The molecule has 0 bridgehead atoms. The smallest absolute Gasteiger partial charge is 0.218 e. The Morgan fingerprint density at radius 1 is 0.273 bits per heavy atom. The Bertz CT molecular complexity index is 2940.